The van der Waals surface area contributed by atoms with E-state index in [1.807, 2.05) is 23.9 Å². The lowest BCUT2D eigenvalue weighted by molar-refractivity contribution is 0.411. The van der Waals surface area contributed by atoms with Gasteiger partial charge >= 0.3 is 0 Å². The maximum Gasteiger partial charge on any atom is 0.122 e. The van der Waals surface area contributed by atoms with Crippen LogP contribution < -0.4 is 4.74 Å². The van der Waals surface area contributed by atoms with Crippen LogP contribution in [0.5, 0.6) is 5.75 Å². The van der Waals surface area contributed by atoms with Crippen LogP contribution in [0.3, 0.4) is 0 Å². The number of benzene rings is 1. The summed E-state index contributed by atoms with van der Waals surface area (Å²) in [6, 6.07) is 7.71. The number of methoxy groups -OCH3 is 1. The Hall–Kier alpha value is -1.14. The van der Waals surface area contributed by atoms with Crippen LogP contribution in [0, 0.1) is 17.2 Å². The van der Waals surface area contributed by atoms with Gasteiger partial charge in [-0.15, -0.1) is 0 Å². The first-order valence-electron chi connectivity index (χ1n) is 5.32. The van der Waals surface area contributed by atoms with Gasteiger partial charge in [0.2, 0.25) is 0 Å². The maximum absolute atomic E-state index is 8.84. The monoisotopic (exact) mass is 235 g/mol. The largest absolute Gasteiger partial charge is 0.496 e. The molecule has 0 N–H and O–H groups in total. The van der Waals surface area contributed by atoms with Gasteiger partial charge in [0.15, 0.2) is 0 Å². The second kappa shape index (κ2) is 6.44. The molecule has 0 unspecified atom stereocenters. The van der Waals surface area contributed by atoms with Crippen LogP contribution in [0.4, 0.5) is 0 Å². The normalized spacial score (nSPS) is 10.2. The maximum atomic E-state index is 8.84. The molecule has 0 fully saturated rings. The lowest BCUT2D eigenvalue weighted by Crippen LogP contribution is -1.95. The Morgan fingerprint density at radius 2 is 2.19 bits per heavy atom. The highest BCUT2D eigenvalue weighted by Gasteiger charge is 2.05. The molecule has 3 heteroatoms. The van der Waals surface area contributed by atoms with Gasteiger partial charge in [-0.25, -0.2) is 0 Å². The highest BCUT2D eigenvalue weighted by atomic mass is 32.2. The second-order valence-corrected chi connectivity index (χ2v) is 5.08. The van der Waals surface area contributed by atoms with Crippen LogP contribution >= 0.6 is 11.8 Å². The average Bonchev–Trinajstić information content (AvgIpc) is 2.28. The number of nitrogens with zero attached hydrogens (tertiary/aromatic N) is 1. The molecular formula is C13H17NOS. The van der Waals surface area contributed by atoms with Crippen molar-refractivity contribution in [3.05, 3.63) is 29.3 Å². The summed E-state index contributed by atoms with van der Waals surface area (Å²) in [7, 11) is 1.66. The van der Waals surface area contributed by atoms with Crippen molar-refractivity contribution in [1.29, 1.82) is 5.26 Å². The smallest absolute Gasteiger partial charge is 0.122 e. The number of ether oxygens (including phenoxy) is 1. The summed E-state index contributed by atoms with van der Waals surface area (Å²) in [5.41, 5.74) is 1.80. The van der Waals surface area contributed by atoms with Gasteiger partial charge in [-0.2, -0.15) is 17.0 Å². The lowest BCUT2D eigenvalue weighted by Gasteiger charge is -2.09. The van der Waals surface area contributed by atoms with Gasteiger partial charge in [0.1, 0.15) is 5.75 Å². The Balaban J connectivity index is 2.72. The highest BCUT2D eigenvalue weighted by molar-refractivity contribution is 7.98. The van der Waals surface area contributed by atoms with E-state index >= 15 is 0 Å². The molecular weight excluding hydrogens is 218 g/mol. The Morgan fingerprint density at radius 3 is 2.75 bits per heavy atom. The zero-order valence-corrected chi connectivity index (χ0v) is 10.8. The minimum absolute atomic E-state index is 0.690. The van der Waals surface area contributed by atoms with Crippen molar-refractivity contribution in [2.24, 2.45) is 5.92 Å². The molecule has 0 radical (unpaired) electrons. The lowest BCUT2D eigenvalue weighted by atomic mass is 10.1. The summed E-state index contributed by atoms with van der Waals surface area (Å²) in [5, 5.41) is 8.84. The van der Waals surface area contributed by atoms with E-state index < -0.39 is 0 Å². The molecule has 1 aromatic carbocycles. The predicted octanol–water partition coefficient (Wildman–Crippen LogP) is 3.46. The molecule has 0 saturated carbocycles. The molecule has 0 aliphatic rings. The van der Waals surface area contributed by atoms with Crippen LogP contribution in [0.25, 0.3) is 0 Å². The van der Waals surface area contributed by atoms with E-state index in [1.165, 1.54) is 0 Å². The van der Waals surface area contributed by atoms with E-state index in [9.17, 15) is 0 Å². The fourth-order valence-electron chi connectivity index (χ4n) is 1.37. The minimum Gasteiger partial charge on any atom is -0.496 e. The van der Waals surface area contributed by atoms with Crippen molar-refractivity contribution in [2.45, 2.75) is 19.6 Å². The number of nitriles is 1. The second-order valence-electron chi connectivity index (χ2n) is 4.05. The highest BCUT2D eigenvalue weighted by Crippen LogP contribution is 2.25. The quantitative estimate of drug-likeness (QED) is 0.783. The van der Waals surface area contributed by atoms with Crippen LogP contribution in [0.1, 0.15) is 25.0 Å². The molecule has 2 nitrogen and oxygen atoms in total. The zero-order valence-electron chi connectivity index (χ0n) is 9.99. The molecule has 0 amide bonds. The first-order chi connectivity index (χ1) is 7.67. The molecule has 0 aliphatic carbocycles. The molecule has 0 saturated heterocycles. The van der Waals surface area contributed by atoms with E-state index in [0.29, 0.717) is 11.5 Å². The SMILES string of the molecule is COc1ccc(C#N)cc1CSCC(C)C. The molecule has 0 spiro atoms. The van der Waals surface area contributed by atoms with Crippen LogP contribution in [0.15, 0.2) is 18.2 Å². The van der Waals surface area contributed by atoms with Gasteiger partial charge in [-0.1, -0.05) is 13.8 Å². The summed E-state index contributed by atoms with van der Waals surface area (Å²) < 4.78 is 5.28. The molecule has 0 bridgehead atoms. The molecule has 86 valence electrons. The van der Waals surface area contributed by atoms with Crippen molar-refractivity contribution >= 4 is 11.8 Å². The molecule has 0 heterocycles. The third-order valence-electron chi connectivity index (χ3n) is 2.12. The topological polar surface area (TPSA) is 33.0 Å². The van der Waals surface area contributed by atoms with Gasteiger partial charge in [0, 0.05) is 11.3 Å². The van der Waals surface area contributed by atoms with Crippen molar-refractivity contribution in [1.82, 2.24) is 0 Å². The predicted molar refractivity (Wildman–Crippen MR) is 68.7 cm³/mol. The van der Waals surface area contributed by atoms with Gasteiger partial charge in [-0.3, -0.25) is 0 Å². The molecule has 0 aliphatic heterocycles. The molecule has 16 heavy (non-hydrogen) atoms. The molecule has 0 aromatic heterocycles. The van der Waals surface area contributed by atoms with Gasteiger partial charge in [0.05, 0.1) is 18.7 Å². The van der Waals surface area contributed by atoms with E-state index in [1.54, 1.807) is 13.2 Å². The molecule has 1 aromatic rings. The Labute approximate surface area is 102 Å². The molecule has 1 rings (SSSR count). The van der Waals surface area contributed by atoms with E-state index in [2.05, 4.69) is 19.9 Å². The first kappa shape index (κ1) is 12.9. The fourth-order valence-corrected chi connectivity index (χ4v) is 2.40. The summed E-state index contributed by atoms with van der Waals surface area (Å²) in [5.74, 6) is 3.59. The molecule has 0 atom stereocenters. The Kier molecular flexibility index (Phi) is 5.21. The van der Waals surface area contributed by atoms with Crippen LogP contribution in [0.2, 0.25) is 0 Å². The van der Waals surface area contributed by atoms with Gasteiger partial charge < -0.3 is 4.74 Å². The van der Waals surface area contributed by atoms with Crippen molar-refractivity contribution < 1.29 is 4.74 Å². The number of hydrogen-bond donors (Lipinski definition) is 0. The van der Waals surface area contributed by atoms with Crippen molar-refractivity contribution in [3.63, 3.8) is 0 Å². The third kappa shape index (κ3) is 3.79. The van der Waals surface area contributed by atoms with Crippen molar-refractivity contribution in [2.75, 3.05) is 12.9 Å². The summed E-state index contributed by atoms with van der Waals surface area (Å²) in [6.45, 7) is 4.41. The van der Waals surface area contributed by atoms with E-state index in [4.69, 9.17) is 10.00 Å². The van der Waals surface area contributed by atoms with E-state index in [0.717, 1.165) is 22.8 Å². The number of rotatable bonds is 5. The standard InChI is InChI=1S/C13H17NOS/c1-10(2)8-16-9-12-6-11(7-14)4-5-13(12)15-3/h4-6,10H,8-9H2,1-3H3. The summed E-state index contributed by atoms with van der Waals surface area (Å²) in [6.07, 6.45) is 0. The van der Waals surface area contributed by atoms with Crippen LogP contribution in [-0.4, -0.2) is 12.9 Å². The first-order valence-corrected chi connectivity index (χ1v) is 6.47. The average molecular weight is 235 g/mol. The summed E-state index contributed by atoms with van der Waals surface area (Å²) >= 11 is 1.87. The van der Waals surface area contributed by atoms with Gasteiger partial charge in [0.25, 0.3) is 0 Å². The fraction of sp³-hybridized carbons (Fsp3) is 0.462. The Morgan fingerprint density at radius 1 is 1.44 bits per heavy atom. The van der Waals surface area contributed by atoms with Crippen LogP contribution in [-0.2, 0) is 5.75 Å². The summed E-state index contributed by atoms with van der Waals surface area (Å²) in [4.78, 5) is 0. The number of thioether (sulfide) groups is 1. The third-order valence-corrected chi connectivity index (χ3v) is 3.54. The minimum atomic E-state index is 0.690. The van der Waals surface area contributed by atoms with Gasteiger partial charge in [-0.05, 0) is 29.9 Å². The van der Waals surface area contributed by atoms with E-state index in [-0.39, 0.29) is 0 Å². The zero-order chi connectivity index (χ0) is 12.0. The van der Waals surface area contributed by atoms with Crippen molar-refractivity contribution in [3.8, 4) is 11.8 Å². The Bertz CT molecular complexity index is 382. The number of hydrogen-bond acceptors (Lipinski definition) is 3.